The summed E-state index contributed by atoms with van der Waals surface area (Å²) in [4.78, 5) is 16.1. The first-order chi connectivity index (χ1) is 10.6. The molecule has 0 unspecified atom stereocenters. The normalized spacial score (nSPS) is 11.1. The predicted octanol–water partition coefficient (Wildman–Crippen LogP) is 4.22. The topological polar surface area (TPSA) is 52.3 Å². The number of oxazole rings is 1. The number of methoxy groups -OCH3 is 1. The molecule has 0 radical (unpaired) electrons. The van der Waals surface area contributed by atoms with Gasteiger partial charge in [-0.15, -0.1) is 0 Å². The highest BCUT2D eigenvalue weighted by atomic mass is 19.3. The predicted molar refractivity (Wildman–Crippen MR) is 75.7 cm³/mol. The van der Waals surface area contributed by atoms with Crippen LogP contribution in [0.3, 0.4) is 0 Å². The van der Waals surface area contributed by atoms with Gasteiger partial charge in [0, 0.05) is 5.56 Å². The van der Waals surface area contributed by atoms with Gasteiger partial charge in [-0.2, -0.15) is 0 Å². The number of hydrogen-bond acceptors (Lipinski definition) is 4. The van der Waals surface area contributed by atoms with Crippen molar-refractivity contribution in [2.75, 3.05) is 7.11 Å². The summed E-state index contributed by atoms with van der Waals surface area (Å²) in [6.07, 6.45) is -2.77. The van der Waals surface area contributed by atoms with E-state index in [9.17, 15) is 13.6 Å². The van der Waals surface area contributed by atoms with Crippen molar-refractivity contribution in [3.8, 4) is 11.5 Å². The van der Waals surface area contributed by atoms with Crippen LogP contribution in [0.25, 0.3) is 22.6 Å². The van der Waals surface area contributed by atoms with E-state index in [0.29, 0.717) is 11.1 Å². The second kappa shape index (κ2) is 5.55. The van der Waals surface area contributed by atoms with Crippen LogP contribution in [-0.4, -0.2) is 18.1 Å². The van der Waals surface area contributed by atoms with Gasteiger partial charge in [-0.1, -0.05) is 24.3 Å². The molecular weight excluding hydrogens is 292 g/mol. The number of ether oxygens (including phenoxy) is 1. The molecule has 3 aromatic rings. The number of halogens is 2. The lowest BCUT2D eigenvalue weighted by Crippen LogP contribution is -2.06. The van der Waals surface area contributed by atoms with Crippen LogP contribution in [0.2, 0.25) is 0 Å². The van der Waals surface area contributed by atoms with Crippen LogP contribution in [-0.2, 0) is 4.74 Å². The quantitative estimate of drug-likeness (QED) is 0.680. The molecule has 0 atom stereocenters. The lowest BCUT2D eigenvalue weighted by atomic mass is 10.0. The Labute approximate surface area is 124 Å². The number of para-hydroxylation sites is 2. The molecule has 0 amide bonds. The highest BCUT2D eigenvalue weighted by Crippen LogP contribution is 2.35. The summed E-state index contributed by atoms with van der Waals surface area (Å²) >= 11 is 0. The molecule has 0 aliphatic rings. The van der Waals surface area contributed by atoms with Gasteiger partial charge in [0.1, 0.15) is 5.52 Å². The fourth-order valence-electron chi connectivity index (χ4n) is 2.25. The molecule has 112 valence electrons. The number of benzene rings is 2. The van der Waals surface area contributed by atoms with Crippen molar-refractivity contribution >= 4 is 17.1 Å². The lowest BCUT2D eigenvalue weighted by Gasteiger charge is -2.10. The zero-order valence-corrected chi connectivity index (χ0v) is 11.5. The average molecular weight is 303 g/mol. The second-order valence-corrected chi connectivity index (χ2v) is 4.55. The van der Waals surface area contributed by atoms with E-state index in [-0.39, 0.29) is 22.6 Å². The molecule has 1 aromatic heterocycles. The molecule has 0 fully saturated rings. The van der Waals surface area contributed by atoms with E-state index in [1.165, 1.54) is 25.3 Å². The number of carbonyl (C=O) groups is 1. The van der Waals surface area contributed by atoms with E-state index in [2.05, 4.69) is 9.72 Å². The van der Waals surface area contributed by atoms with Crippen LogP contribution in [0, 0.1) is 0 Å². The number of nitrogens with zero attached hydrogens (tertiary/aromatic N) is 1. The number of esters is 1. The Kier molecular flexibility index (Phi) is 3.58. The Morgan fingerprint density at radius 1 is 1.18 bits per heavy atom. The van der Waals surface area contributed by atoms with E-state index in [4.69, 9.17) is 4.42 Å². The van der Waals surface area contributed by atoms with Crippen molar-refractivity contribution in [1.29, 1.82) is 0 Å². The van der Waals surface area contributed by atoms with Crippen LogP contribution in [0.1, 0.15) is 22.3 Å². The molecule has 2 aromatic carbocycles. The molecule has 3 rings (SSSR count). The molecular formula is C16H11F2NO3. The van der Waals surface area contributed by atoms with Crippen molar-refractivity contribution in [1.82, 2.24) is 4.98 Å². The zero-order chi connectivity index (χ0) is 15.7. The van der Waals surface area contributed by atoms with Gasteiger partial charge in [0.25, 0.3) is 6.43 Å². The maximum atomic E-state index is 13.3. The summed E-state index contributed by atoms with van der Waals surface area (Å²) in [6.45, 7) is 0. The third-order valence-electron chi connectivity index (χ3n) is 3.24. The van der Waals surface area contributed by atoms with E-state index >= 15 is 0 Å². The first kappa shape index (κ1) is 14.2. The molecule has 22 heavy (non-hydrogen) atoms. The summed E-state index contributed by atoms with van der Waals surface area (Å²) in [7, 11) is 1.19. The van der Waals surface area contributed by atoms with Gasteiger partial charge in [0.2, 0.25) is 5.89 Å². The van der Waals surface area contributed by atoms with Crippen LogP contribution in [0.15, 0.2) is 46.9 Å². The minimum atomic E-state index is -2.77. The van der Waals surface area contributed by atoms with Crippen molar-refractivity contribution < 1.29 is 22.7 Å². The minimum absolute atomic E-state index is 0.00754. The number of fused-ring (bicyclic) bond motifs is 1. The summed E-state index contributed by atoms with van der Waals surface area (Å²) in [5, 5.41) is 0. The fourth-order valence-corrected chi connectivity index (χ4v) is 2.25. The standard InChI is InChI=1S/C16H11F2NO3/c1-21-16(20)10-6-4-5-9(14(17)18)13(10)15-19-11-7-2-3-8-12(11)22-15/h2-8,14H,1H3. The van der Waals surface area contributed by atoms with Crippen LogP contribution in [0.5, 0.6) is 0 Å². The van der Waals surface area contributed by atoms with Crippen molar-refractivity contribution in [3.05, 3.63) is 53.6 Å². The smallest absolute Gasteiger partial charge is 0.338 e. The molecule has 4 nitrogen and oxygen atoms in total. The monoisotopic (exact) mass is 303 g/mol. The first-order valence-electron chi connectivity index (χ1n) is 6.47. The summed E-state index contributed by atoms with van der Waals surface area (Å²) in [6, 6.07) is 10.9. The van der Waals surface area contributed by atoms with E-state index in [1.807, 2.05) is 0 Å². The van der Waals surface area contributed by atoms with Crippen molar-refractivity contribution in [2.45, 2.75) is 6.43 Å². The van der Waals surface area contributed by atoms with Crippen molar-refractivity contribution in [2.24, 2.45) is 0 Å². The number of aromatic nitrogens is 1. The first-order valence-corrected chi connectivity index (χ1v) is 6.47. The maximum absolute atomic E-state index is 13.3. The molecule has 6 heteroatoms. The van der Waals surface area contributed by atoms with Gasteiger partial charge in [0.15, 0.2) is 5.58 Å². The number of hydrogen-bond donors (Lipinski definition) is 0. The van der Waals surface area contributed by atoms with Gasteiger partial charge in [-0.05, 0) is 18.2 Å². The zero-order valence-electron chi connectivity index (χ0n) is 11.5. The largest absolute Gasteiger partial charge is 0.465 e. The second-order valence-electron chi connectivity index (χ2n) is 4.55. The van der Waals surface area contributed by atoms with Gasteiger partial charge in [0.05, 0.1) is 18.2 Å². The van der Waals surface area contributed by atoms with Gasteiger partial charge >= 0.3 is 5.97 Å². The lowest BCUT2D eigenvalue weighted by molar-refractivity contribution is 0.0601. The Morgan fingerprint density at radius 3 is 2.64 bits per heavy atom. The molecule has 0 bridgehead atoms. The highest BCUT2D eigenvalue weighted by Gasteiger charge is 2.25. The Balaban J connectivity index is 2.29. The van der Waals surface area contributed by atoms with E-state index in [1.54, 1.807) is 24.3 Å². The van der Waals surface area contributed by atoms with Crippen LogP contribution >= 0.6 is 0 Å². The molecule has 0 N–H and O–H groups in total. The Hall–Kier alpha value is -2.76. The third-order valence-corrected chi connectivity index (χ3v) is 3.24. The Morgan fingerprint density at radius 2 is 1.95 bits per heavy atom. The maximum Gasteiger partial charge on any atom is 0.338 e. The van der Waals surface area contributed by atoms with Crippen LogP contribution < -0.4 is 0 Å². The van der Waals surface area contributed by atoms with Crippen molar-refractivity contribution in [3.63, 3.8) is 0 Å². The van der Waals surface area contributed by atoms with E-state index in [0.717, 1.165) is 0 Å². The van der Waals surface area contributed by atoms with Gasteiger partial charge in [-0.25, -0.2) is 18.6 Å². The molecule has 0 spiro atoms. The molecule has 1 heterocycles. The number of carbonyl (C=O) groups excluding carboxylic acids is 1. The summed E-state index contributed by atoms with van der Waals surface area (Å²) < 4.78 is 36.8. The molecule has 0 aliphatic carbocycles. The number of rotatable bonds is 3. The third kappa shape index (κ3) is 2.32. The highest BCUT2D eigenvalue weighted by molar-refractivity contribution is 5.97. The molecule has 0 saturated carbocycles. The van der Waals surface area contributed by atoms with Gasteiger partial charge in [-0.3, -0.25) is 0 Å². The van der Waals surface area contributed by atoms with Gasteiger partial charge < -0.3 is 9.15 Å². The van der Waals surface area contributed by atoms with E-state index < -0.39 is 12.4 Å². The number of alkyl halides is 2. The molecule has 0 saturated heterocycles. The van der Waals surface area contributed by atoms with Crippen LogP contribution in [0.4, 0.5) is 8.78 Å². The average Bonchev–Trinajstić information content (AvgIpc) is 2.96. The Bertz CT molecular complexity index is 809. The SMILES string of the molecule is COC(=O)c1cccc(C(F)F)c1-c1nc2ccccc2o1. The summed E-state index contributed by atoms with van der Waals surface area (Å²) in [5.74, 6) is -0.753. The molecule has 0 aliphatic heterocycles. The summed E-state index contributed by atoms with van der Waals surface area (Å²) in [5.41, 5.74) is 0.608. The fraction of sp³-hybridized carbons (Fsp3) is 0.125. The minimum Gasteiger partial charge on any atom is -0.465 e.